The Bertz CT molecular complexity index is 4690. The van der Waals surface area contributed by atoms with Gasteiger partial charge in [-0.2, -0.15) is 13.2 Å². The number of benzene rings is 5. The number of aliphatic carboxylic acids is 1. The number of primary amides is 1. The van der Waals surface area contributed by atoms with E-state index in [4.69, 9.17) is 73.0 Å². The standard InChI is InChI=1S/C81H107Cl2N11O23.C2HF3O2/c1-9-10-11-12-13-14-15-16-25-94(7,8)26-17-24-87-75(107)63-46-33-44(96)34-52(98)60(46)45-28-40(18-21-51(45)97)61-76(108)93-65(79(111)91-63)67(101)42-20-23-54(48(83)30-42)114-56-32-43-31-55(70(56)117-80-71(69(103)68(102)57(37-95)115-80)116-59-36-81(5,85)72(104)39(4)112-59)113-53-22-19-41(29-47(53)82)66(100)64(92-73(105)49(86-6)27-38(2)3)78(110)88-50(35-58(84)99)74(106)89-62(43)77(109)90-61;3-2(4,5)1(6)7/h18-23,28-34,38-39,49-50,57,59,61-69,71-72,80,86,95,100-104H,9-17,24-27,35-37,85H2,1-8H3,(H11-,84,87,88,89,90,91,92,93,96,97,98,99,105,106,107,108,109,110,111);(H,6,7)/t39-,49+,50-,57+,59-,61+,62+,63-,64+,65-,66+,67+,68+,69-,71+,72+,80-,81-;/m0./s1. The first-order valence-corrected chi connectivity index (χ1v) is 41.2. The Kier molecular flexibility index (Phi) is 33.4. The lowest BCUT2D eigenvalue weighted by Gasteiger charge is -2.47. The van der Waals surface area contributed by atoms with Crippen LogP contribution < -0.4 is 73.3 Å². The van der Waals surface area contributed by atoms with Crippen molar-refractivity contribution >= 4 is 76.4 Å². The van der Waals surface area contributed by atoms with Crippen LogP contribution in [0, 0.1) is 5.92 Å². The number of carbonyl (C=O) groups is 9. The number of hydrogen-bond acceptors (Lipinski definition) is 27. The summed E-state index contributed by atoms with van der Waals surface area (Å²) in [4.78, 5) is 130. The number of carboxylic acids is 1. The largest absolute Gasteiger partial charge is 0.542 e. The number of nitrogens with two attached hydrogens (primary N) is 2. The van der Waals surface area contributed by atoms with Gasteiger partial charge in [-0.25, -0.2) is 0 Å². The quantitative estimate of drug-likeness (QED) is 0.0279. The zero-order valence-corrected chi connectivity index (χ0v) is 70.8. The van der Waals surface area contributed by atoms with Crippen LogP contribution in [-0.2, 0) is 57.4 Å². The zero-order valence-electron chi connectivity index (χ0n) is 69.3. The monoisotopic (exact) mass is 1790 g/mol. The molecule has 0 aliphatic carbocycles. The number of rotatable bonds is 26. The number of phenolic OH excluding ortho intramolecular Hbond substituents is 3. The van der Waals surface area contributed by atoms with Gasteiger partial charge < -0.3 is 143 Å². The third-order valence-electron chi connectivity index (χ3n) is 21.9. The minimum absolute atomic E-state index is 0.0373. The van der Waals surface area contributed by atoms with Gasteiger partial charge >= 0.3 is 6.18 Å². The van der Waals surface area contributed by atoms with E-state index in [1.165, 1.54) is 64.4 Å². The van der Waals surface area contributed by atoms with Crippen LogP contribution in [0.5, 0.6) is 46.0 Å². The lowest BCUT2D eigenvalue weighted by atomic mass is 9.86. The van der Waals surface area contributed by atoms with E-state index >= 15 is 24.0 Å². The molecular formula is C83H108Cl2F3N11O25. The first-order valence-electron chi connectivity index (χ1n) is 40.5. The number of likely N-dealkylation sites (N-methyl/N-ethyl adjacent to an activating group) is 1. The summed E-state index contributed by atoms with van der Waals surface area (Å²) in [6.45, 7) is 9.40. The summed E-state index contributed by atoms with van der Waals surface area (Å²) in [5, 5.41) is 135. The van der Waals surface area contributed by atoms with Crippen molar-refractivity contribution in [1.29, 1.82) is 0 Å². The second kappa shape index (κ2) is 42.3. The SMILES string of the molecule is CCCCCCCCCC[N+](C)(C)CCCNC(=O)[C@H]1NC(=O)[C@H]2NC(=O)[C@H](NC(=O)[C@@H]3NC(=O)[C@H](CC(N)=O)NC(=O)[C@H](NC(=O)[C@@H](CC(C)C)NC)[C@H](O)c4ccc(c(Cl)c4)Oc4cc3cc(c4O[C@@H]3O[C@H](CO)[C@@H](O)[C@H](O)[C@H]3O[C@H]3C[C@](C)(N)[C@H](O)[C@H](C)O3)Oc3ccc(cc3Cl)[C@H]2O)c2ccc(O)c(c2)-c2c(O)cc(O)cc21.O=C([O-])C(F)(F)F. The van der Waals surface area contributed by atoms with Crippen molar-refractivity contribution in [3.05, 3.63) is 117 Å². The lowest BCUT2D eigenvalue weighted by Crippen LogP contribution is -2.64. The van der Waals surface area contributed by atoms with E-state index in [1.807, 2.05) is 13.8 Å². The molecule has 0 unspecified atom stereocenters. The molecular weight excluding hydrogens is 1680 g/mol. The Morgan fingerprint density at radius 1 is 0.702 bits per heavy atom. The number of aliphatic hydroxyl groups is 6. The Labute approximate surface area is 721 Å². The molecule has 7 aliphatic heterocycles. The smallest absolute Gasteiger partial charge is 0.430 e. The van der Waals surface area contributed by atoms with Crippen LogP contribution in [0.15, 0.2) is 78.9 Å². The third-order valence-corrected chi connectivity index (χ3v) is 22.5. The van der Waals surface area contributed by atoms with Crippen LogP contribution in [0.25, 0.3) is 11.1 Å². The molecule has 0 spiro atoms. The maximum atomic E-state index is 16.3. The molecule has 680 valence electrons. The molecule has 21 N–H and O–H groups in total. The summed E-state index contributed by atoms with van der Waals surface area (Å²) < 4.78 is 70.9. The van der Waals surface area contributed by atoms with Gasteiger partial charge in [-0.15, -0.1) is 0 Å². The Hall–Kier alpha value is -9.98. The van der Waals surface area contributed by atoms with Crippen LogP contribution in [0.1, 0.15) is 170 Å². The molecule has 5 aromatic rings. The highest BCUT2D eigenvalue weighted by molar-refractivity contribution is 6.32. The average molecular weight is 1790 g/mol. The van der Waals surface area contributed by atoms with Gasteiger partial charge in [0.25, 0.3) is 0 Å². The van der Waals surface area contributed by atoms with E-state index < -0.39 is 227 Å². The van der Waals surface area contributed by atoms with Crippen LogP contribution in [0.2, 0.25) is 10.0 Å². The van der Waals surface area contributed by atoms with Crippen LogP contribution in [0.3, 0.4) is 0 Å². The number of aromatic hydroxyl groups is 3. The molecule has 36 nitrogen and oxygen atoms in total. The number of phenols is 3. The molecule has 41 heteroatoms. The van der Waals surface area contributed by atoms with Gasteiger partial charge in [0, 0.05) is 42.1 Å². The van der Waals surface area contributed by atoms with Crippen molar-refractivity contribution in [3.63, 3.8) is 0 Å². The van der Waals surface area contributed by atoms with E-state index in [2.05, 4.69) is 63.6 Å². The number of amides is 8. The van der Waals surface area contributed by atoms with Gasteiger partial charge in [-0.3, -0.25) is 38.4 Å². The first-order chi connectivity index (χ1) is 58.3. The number of carbonyl (C=O) groups excluding carboxylic acids is 9. The fourth-order valence-electron chi connectivity index (χ4n) is 15.1. The van der Waals surface area contributed by atoms with Gasteiger partial charge in [0.15, 0.2) is 23.9 Å². The second-order valence-corrected chi connectivity index (χ2v) is 33.5. The van der Waals surface area contributed by atoms with Crippen LogP contribution >= 0.6 is 23.2 Å². The molecule has 18 atom stereocenters. The average Bonchev–Trinajstić information content (AvgIpc) is 0.763. The van der Waals surface area contributed by atoms with E-state index in [0.29, 0.717) is 17.4 Å². The molecule has 11 bridgehead atoms. The van der Waals surface area contributed by atoms with Crippen molar-refractivity contribution in [2.45, 2.75) is 227 Å². The molecule has 124 heavy (non-hydrogen) atoms. The maximum absolute atomic E-state index is 16.3. The zero-order chi connectivity index (χ0) is 91.3. The van der Waals surface area contributed by atoms with Crippen molar-refractivity contribution in [2.75, 3.05) is 47.4 Å². The van der Waals surface area contributed by atoms with E-state index in [9.17, 15) is 73.5 Å². The highest BCUT2D eigenvalue weighted by atomic mass is 35.5. The Morgan fingerprint density at radius 2 is 1.27 bits per heavy atom. The molecule has 12 rings (SSSR count). The predicted octanol–water partition coefficient (Wildman–Crippen LogP) is 3.04. The Morgan fingerprint density at radius 3 is 1.85 bits per heavy atom. The summed E-state index contributed by atoms with van der Waals surface area (Å²) in [6.07, 6.45) is -14.1. The van der Waals surface area contributed by atoms with Crippen LogP contribution in [-0.4, -0.2) is 236 Å². The van der Waals surface area contributed by atoms with Gasteiger partial charge in [-0.05, 0) is 128 Å². The fourth-order valence-corrected chi connectivity index (χ4v) is 15.6. The molecule has 0 aromatic heterocycles. The number of nitrogens with zero attached hydrogens (tertiary/aromatic N) is 1. The number of ether oxygens (including phenoxy) is 6. The van der Waals surface area contributed by atoms with E-state index in [0.717, 1.165) is 93.2 Å². The van der Waals surface area contributed by atoms with Gasteiger partial charge in [0.05, 0.1) is 68.5 Å². The molecule has 7 aliphatic rings. The molecule has 2 saturated heterocycles. The lowest BCUT2D eigenvalue weighted by molar-refractivity contribution is -0.890. The number of quaternary nitrogens is 1. The number of halogens is 5. The van der Waals surface area contributed by atoms with Crippen LogP contribution in [0.4, 0.5) is 13.2 Å². The van der Waals surface area contributed by atoms with E-state index in [1.54, 1.807) is 0 Å². The first kappa shape index (κ1) is 97.8. The summed E-state index contributed by atoms with van der Waals surface area (Å²) in [7, 11) is 5.64. The fraction of sp³-hybridized carbons (Fsp3) is 0.530. The molecule has 7 heterocycles. The number of alkyl halides is 3. The van der Waals surface area contributed by atoms with Crippen molar-refractivity contribution in [3.8, 4) is 57.1 Å². The summed E-state index contributed by atoms with van der Waals surface area (Å²) >= 11 is 14.3. The third kappa shape index (κ3) is 24.6. The van der Waals surface area contributed by atoms with Gasteiger partial charge in [0.1, 0.15) is 101 Å². The highest BCUT2D eigenvalue weighted by Gasteiger charge is 2.52. The number of aliphatic hydroxyl groups excluding tert-OH is 6. The molecule has 5 aromatic carbocycles. The summed E-state index contributed by atoms with van der Waals surface area (Å²) in [5.41, 5.74) is 8.79. The normalized spacial score (nSPS) is 26.3. The molecule has 8 amide bonds. The van der Waals surface area contributed by atoms with Crippen molar-refractivity contribution in [1.82, 2.24) is 42.5 Å². The topological polar surface area (TPSA) is 562 Å². The second-order valence-electron chi connectivity index (χ2n) is 32.7. The highest BCUT2D eigenvalue weighted by Crippen LogP contribution is 2.50. The maximum Gasteiger partial charge on any atom is 0.430 e. The number of unbranched alkanes of at least 4 members (excludes halogenated alkanes) is 7. The number of carboxylic acid groups (broad SMARTS) is 1. The summed E-state index contributed by atoms with van der Waals surface area (Å²) in [5.74, 6) is -17.4. The number of hydrogen-bond donors (Lipinski definition) is 19. The number of nitrogens with one attached hydrogen (secondary N) is 8. The van der Waals surface area contributed by atoms with Gasteiger partial charge in [0.2, 0.25) is 59.3 Å². The Balaban J connectivity index is 0.00000238. The molecule has 0 radical (unpaired) electrons. The minimum Gasteiger partial charge on any atom is -0.542 e. The number of fused-ring (bicyclic) bond motifs is 15. The minimum atomic E-state index is -5.19. The van der Waals surface area contributed by atoms with Crippen molar-refractivity contribution < 1.29 is 140 Å². The van der Waals surface area contributed by atoms with E-state index in [-0.39, 0.29) is 75.2 Å². The van der Waals surface area contributed by atoms with Crippen molar-refractivity contribution in [2.24, 2.45) is 17.4 Å². The predicted molar refractivity (Wildman–Crippen MR) is 435 cm³/mol. The summed E-state index contributed by atoms with van der Waals surface area (Å²) in [6, 6.07) is 0.700. The molecule has 2 fully saturated rings. The van der Waals surface area contributed by atoms with Gasteiger partial charge in [-0.1, -0.05) is 101 Å². The molecule has 0 saturated carbocycles.